The average molecular weight is 851 g/mol. The highest BCUT2D eigenvalue weighted by atomic mass is 15.1. The molecule has 67 heavy (non-hydrogen) atoms. The summed E-state index contributed by atoms with van der Waals surface area (Å²) in [5.74, 6) is 0. The van der Waals surface area contributed by atoms with Crippen molar-refractivity contribution in [2.24, 2.45) is 0 Å². The minimum absolute atomic E-state index is 0.590. The van der Waals surface area contributed by atoms with Crippen molar-refractivity contribution in [3.63, 3.8) is 0 Å². The molecule has 2 heterocycles. The molecule has 1 aromatic heterocycles. The second-order valence-corrected chi connectivity index (χ2v) is 17.9. The quantitative estimate of drug-likeness (QED) is 0.162. The maximum atomic E-state index is 2.53. The summed E-state index contributed by atoms with van der Waals surface area (Å²) in [7, 11) is 0. The first-order chi connectivity index (χ1) is 33.3. The fraction of sp³-hybridized carbons (Fsp3) is 0.0154. The van der Waals surface area contributed by atoms with Gasteiger partial charge in [-0.25, -0.2) is 0 Å². The third-order valence-corrected chi connectivity index (χ3v) is 14.6. The van der Waals surface area contributed by atoms with Gasteiger partial charge in [0.25, 0.3) is 0 Å². The average Bonchev–Trinajstić information content (AvgIpc) is 3.89. The smallest absolute Gasteiger partial charge is 0.0755 e. The first-order valence-corrected chi connectivity index (χ1v) is 23.3. The predicted octanol–water partition coefficient (Wildman–Crippen LogP) is 17.1. The molecule has 0 saturated carbocycles. The fourth-order valence-electron chi connectivity index (χ4n) is 11.9. The Morgan fingerprint density at radius 1 is 0.313 bits per heavy atom. The number of rotatable bonds is 6. The van der Waals surface area contributed by atoms with Crippen molar-refractivity contribution in [3.05, 3.63) is 277 Å². The molecule has 1 spiro atoms. The van der Waals surface area contributed by atoms with E-state index in [0.717, 1.165) is 28.2 Å². The van der Waals surface area contributed by atoms with Gasteiger partial charge in [-0.05, 0) is 103 Å². The molecule has 2 heteroatoms. The molecule has 14 rings (SSSR count). The maximum Gasteiger partial charge on any atom is 0.0755 e. The summed E-state index contributed by atoms with van der Waals surface area (Å²) in [6.45, 7) is 0. The minimum Gasteiger partial charge on any atom is -0.309 e. The van der Waals surface area contributed by atoms with Gasteiger partial charge in [-0.2, -0.15) is 0 Å². The third-order valence-electron chi connectivity index (χ3n) is 14.6. The molecule has 2 nitrogen and oxygen atoms in total. The SMILES string of the molecule is c1ccc(-c2ccccc2N(c2ccc3c(c2)C2(c4ccccc4-3)c3ccccc3-n3c4ccccc4c4cccc2c43)c2ccccc2-c2ccccc2-c2cccc3ccccc23)cc1. The number of hydrogen-bond acceptors (Lipinski definition) is 1. The first kappa shape index (κ1) is 37.6. The molecule has 1 aliphatic heterocycles. The Bertz CT molecular complexity index is 3950. The number of para-hydroxylation sites is 5. The van der Waals surface area contributed by atoms with Crippen LogP contribution in [0.5, 0.6) is 0 Å². The van der Waals surface area contributed by atoms with Crippen LogP contribution in [0.2, 0.25) is 0 Å². The molecule has 0 bridgehead atoms. The van der Waals surface area contributed by atoms with Crippen molar-refractivity contribution in [1.29, 1.82) is 0 Å². The monoisotopic (exact) mass is 850 g/mol. The standard InChI is InChI=1S/C65H42N2/c1-2-20-44(21-3-1)47-25-9-14-36-60(47)66(61-37-15-10-29-53(61)50-27-7-6-26-49(50)48-31-18-23-43-22-4-5-24-46(43)48)45-40-41-52-51-28-8-12-33-56(51)65(59(52)42-45)57-34-13-17-39-63(57)67-62-38-16-11-30-54(62)55-32-19-35-58(65)64(55)67/h1-42H. The number of benzene rings is 11. The van der Waals surface area contributed by atoms with E-state index in [0.29, 0.717) is 0 Å². The van der Waals surface area contributed by atoms with Crippen LogP contribution in [0.1, 0.15) is 22.3 Å². The lowest BCUT2D eigenvalue weighted by Gasteiger charge is -2.40. The highest BCUT2D eigenvalue weighted by molar-refractivity contribution is 6.13. The van der Waals surface area contributed by atoms with Gasteiger partial charge in [0.1, 0.15) is 0 Å². The minimum atomic E-state index is -0.590. The molecule has 0 radical (unpaired) electrons. The highest BCUT2D eigenvalue weighted by Crippen LogP contribution is 2.62. The molecular formula is C65H42N2. The number of nitrogens with zero attached hydrogens (tertiary/aromatic N) is 2. The Morgan fingerprint density at radius 3 is 1.69 bits per heavy atom. The molecule has 1 aliphatic carbocycles. The Morgan fingerprint density at radius 2 is 0.851 bits per heavy atom. The molecule has 12 aromatic rings. The topological polar surface area (TPSA) is 8.17 Å². The van der Waals surface area contributed by atoms with Gasteiger partial charge in [0.2, 0.25) is 0 Å². The lowest BCUT2D eigenvalue weighted by atomic mass is 9.65. The van der Waals surface area contributed by atoms with Crippen LogP contribution < -0.4 is 4.90 Å². The van der Waals surface area contributed by atoms with Gasteiger partial charge < -0.3 is 9.47 Å². The summed E-state index contributed by atoms with van der Waals surface area (Å²) >= 11 is 0. The Hall–Kier alpha value is -8.72. The maximum absolute atomic E-state index is 2.53. The van der Waals surface area contributed by atoms with Crippen molar-refractivity contribution < 1.29 is 0 Å². The van der Waals surface area contributed by atoms with E-state index in [2.05, 4.69) is 264 Å². The van der Waals surface area contributed by atoms with E-state index in [1.54, 1.807) is 0 Å². The number of hydrogen-bond donors (Lipinski definition) is 0. The van der Waals surface area contributed by atoms with Crippen molar-refractivity contribution in [2.75, 3.05) is 4.90 Å². The molecule has 1 unspecified atom stereocenters. The van der Waals surface area contributed by atoms with E-state index < -0.39 is 5.41 Å². The zero-order chi connectivity index (χ0) is 44.1. The van der Waals surface area contributed by atoms with Gasteiger partial charge in [-0.3, -0.25) is 0 Å². The van der Waals surface area contributed by atoms with Crippen LogP contribution in [0.3, 0.4) is 0 Å². The molecule has 0 saturated heterocycles. The number of aromatic nitrogens is 1. The summed E-state index contributed by atoms with van der Waals surface area (Å²) in [5, 5.41) is 5.03. The first-order valence-electron chi connectivity index (χ1n) is 23.3. The molecule has 0 fully saturated rings. The van der Waals surface area contributed by atoms with Crippen LogP contribution >= 0.6 is 0 Å². The molecule has 0 amide bonds. The number of fused-ring (bicyclic) bond motifs is 13. The summed E-state index contributed by atoms with van der Waals surface area (Å²) in [4.78, 5) is 2.53. The van der Waals surface area contributed by atoms with Gasteiger partial charge >= 0.3 is 0 Å². The number of anilines is 3. The molecule has 11 aromatic carbocycles. The lowest BCUT2D eigenvalue weighted by Crippen LogP contribution is -2.33. The Kier molecular flexibility index (Phi) is 8.23. The van der Waals surface area contributed by atoms with Crippen LogP contribution in [-0.4, -0.2) is 4.57 Å². The van der Waals surface area contributed by atoms with Crippen LogP contribution in [0.25, 0.3) is 82.8 Å². The Balaban J connectivity index is 1.07. The fourth-order valence-corrected chi connectivity index (χ4v) is 11.9. The van der Waals surface area contributed by atoms with Crippen molar-refractivity contribution in [2.45, 2.75) is 5.41 Å². The summed E-state index contributed by atoms with van der Waals surface area (Å²) in [6, 6.07) is 94.5. The van der Waals surface area contributed by atoms with E-state index in [-0.39, 0.29) is 0 Å². The second kappa shape index (κ2) is 14.7. The Labute approximate surface area is 389 Å². The molecule has 1 atom stereocenters. The van der Waals surface area contributed by atoms with Gasteiger partial charge in [-0.1, -0.05) is 218 Å². The van der Waals surface area contributed by atoms with Crippen molar-refractivity contribution in [1.82, 2.24) is 4.57 Å². The summed E-state index contributed by atoms with van der Waals surface area (Å²) < 4.78 is 2.52. The van der Waals surface area contributed by atoms with Gasteiger partial charge in [-0.15, -0.1) is 0 Å². The largest absolute Gasteiger partial charge is 0.309 e. The van der Waals surface area contributed by atoms with E-state index in [4.69, 9.17) is 0 Å². The molecular weight excluding hydrogens is 809 g/mol. The second-order valence-electron chi connectivity index (χ2n) is 17.9. The summed E-state index contributed by atoms with van der Waals surface area (Å²) in [6.07, 6.45) is 0. The highest BCUT2D eigenvalue weighted by Gasteiger charge is 2.51. The molecule has 312 valence electrons. The van der Waals surface area contributed by atoms with Crippen molar-refractivity contribution in [3.8, 4) is 50.2 Å². The van der Waals surface area contributed by atoms with Gasteiger partial charge in [0, 0.05) is 27.6 Å². The molecule has 0 N–H and O–H groups in total. The van der Waals surface area contributed by atoms with Crippen LogP contribution in [0.4, 0.5) is 17.1 Å². The summed E-state index contributed by atoms with van der Waals surface area (Å²) in [5.41, 5.74) is 21.3. The zero-order valence-electron chi connectivity index (χ0n) is 36.6. The van der Waals surface area contributed by atoms with E-state index in [1.165, 1.54) is 93.9 Å². The van der Waals surface area contributed by atoms with Crippen LogP contribution in [0.15, 0.2) is 255 Å². The zero-order valence-corrected chi connectivity index (χ0v) is 36.6. The van der Waals surface area contributed by atoms with Crippen molar-refractivity contribution >= 4 is 49.6 Å². The third kappa shape index (κ3) is 5.33. The van der Waals surface area contributed by atoms with Crippen LogP contribution in [-0.2, 0) is 5.41 Å². The van der Waals surface area contributed by atoms with E-state index in [9.17, 15) is 0 Å². The van der Waals surface area contributed by atoms with Crippen LogP contribution in [0, 0.1) is 0 Å². The van der Waals surface area contributed by atoms with E-state index in [1.807, 2.05) is 0 Å². The lowest BCUT2D eigenvalue weighted by molar-refractivity contribution is 0.748. The normalized spacial score (nSPS) is 14.3. The van der Waals surface area contributed by atoms with Gasteiger partial charge in [0.15, 0.2) is 0 Å². The van der Waals surface area contributed by atoms with Gasteiger partial charge in [0.05, 0.1) is 33.5 Å². The molecule has 2 aliphatic rings. The predicted molar refractivity (Wildman–Crippen MR) is 280 cm³/mol. The van der Waals surface area contributed by atoms with E-state index >= 15 is 0 Å².